The highest BCUT2D eigenvalue weighted by Gasteiger charge is 2.04. The molecule has 0 spiro atoms. The Morgan fingerprint density at radius 1 is 1.29 bits per heavy atom. The van der Waals surface area contributed by atoms with Crippen LogP contribution >= 0.6 is 23.2 Å². The van der Waals surface area contributed by atoms with Crippen molar-refractivity contribution >= 4 is 23.2 Å². The predicted molar refractivity (Wildman–Crippen MR) is 68.3 cm³/mol. The van der Waals surface area contributed by atoms with E-state index in [9.17, 15) is 0 Å². The van der Waals surface area contributed by atoms with E-state index in [0.717, 1.165) is 24.2 Å². The van der Waals surface area contributed by atoms with Gasteiger partial charge in [0, 0.05) is 16.6 Å². The molecule has 2 aromatic rings. The van der Waals surface area contributed by atoms with Gasteiger partial charge in [0.1, 0.15) is 0 Å². The first-order chi connectivity index (χ1) is 8.20. The normalized spacial score (nSPS) is 10.8. The number of aryl methyl sites for hydroxylation is 2. The van der Waals surface area contributed by atoms with Crippen LogP contribution in [0.2, 0.25) is 10.0 Å². The van der Waals surface area contributed by atoms with E-state index in [1.807, 2.05) is 16.7 Å². The fourth-order valence-corrected chi connectivity index (χ4v) is 2.15. The molecule has 1 heterocycles. The van der Waals surface area contributed by atoms with Crippen molar-refractivity contribution in [1.29, 1.82) is 0 Å². The maximum absolute atomic E-state index is 9.09. The number of hydrogen-bond acceptors (Lipinski definition) is 2. The Bertz CT molecular complexity index is 511. The van der Waals surface area contributed by atoms with Gasteiger partial charge in [-0.05, 0) is 24.1 Å². The number of halogens is 2. The molecule has 0 saturated heterocycles. The van der Waals surface area contributed by atoms with Gasteiger partial charge in [0.15, 0.2) is 0 Å². The fourth-order valence-electron chi connectivity index (χ4n) is 1.65. The largest absolute Gasteiger partial charge is 0.390 e. The van der Waals surface area contributed by atoms with Gasteiger partial charge < -0.3 is 9.67 Å². The van der Waals surface area contributed by atoms with Crippen LogP contribution in [0.15, 0.2) is 30.7 Å². The van der Waals surface area contributed by atoms with E-state index in [4.69, 9.17) is 28.3 Å². The van der Waals surface area contributed by atoms with Gasteiger partial charge in [-0.25, -0.2) is 4.98 Å². The molecule has 90 valence electrons. The molecule has 1 N–H and O–H groups in total. The summed E-state index contributed by atoms with van der Waals surface area (Å²) in [6, 6.07) is 5.48. The zero-order valence-corrected chi connectivity index (χ0v) is 10.6. The summed E-state index contributed by atoms with van der Waals surface area (Å²) in [4.78, 5) is 3.99. The topological polar surface area (TPSA) is 38.1 Å². The van der Waals surface area contributed by atoms with Gasteiger partial charge in [-0.2, -0.15) is 0 Å². The number of aliphatic hydroxyl groups excluding tert-OH is 1. The van der Waals surface area contributed by atoms with Crippen molar-refractivity contribution in [1.82, 2.24) is 9.55 Å². The second kappa shape index (κ2) is 5.54. The Balaban J connectivity index is 2.07. The van der Waals surface area contributed by atoms with E-state index in [-0.39, 0.29) is 6.61 Å². The molecule has 0 aliphatic rings. The van der Waals surface area contributed by atoms with Crippen LogP contribution in [0.25, 0.3) is 0 Å². The third kappa shape index (κ3) is 3.00. The fraction of sp³-hybridized carbons (Fsp3) is 0.250. The Labute approximate surface area is 110 Å². The van der Waals surface area contributed by atoms with E-state index in [2.05, 4.69) is 4.98 Å². The molecule has 1 aromatic heterocycles. The van der Waals surface area contributed by atoms with Crippen molar-refractivity contribution in [3.8, 4) is 0 Å². The van der Waals surface area contributed by atoms with Gasteiger partial charge in [0.05, 0.1) is 24.8 Å². The molecule has 0 saturated carbocycles. The first-order valence-electron chi connectivity index (χ1n) is 5.24. The molecule has 3 nitrogen and oxygen atoms in total. The van der Waals surface area contributed by atoms with Crippen LogP contribution in [0.1, 0.15) is 11.3 Å². The van der Waals surface area contributed by atoms with E-state index in [1.54, 1.807) is 18.6 Å². The Morgan fingerprint density at radius 2 is 2.12 bits per heavy atom. The average molecular weight is 271 g/mol. The number of aromatic nitrogens is 2. The molecule has 0 aliphatic carbocycles. The lowest BCUT2D eigenvalue weighted by molar-refractivity contribution is 0.270. The first-order valence-corrected chi connectivity index (χ1v) is 6.00. The number of aliphatic hydroxyl groups is 1. The predicted octanol–water partition coefficient (Wildman–Crippen LogP) is 2.92. The molecule has 5 heteroatoms. The van der Waals surface area contributed by atoms with E-state index >= 15 is 0 Å². The van der Waals surface area contributed by atoms with Crippen molar-refractivity contribution in [2.75, 3.05) is 0 Å². The summed E-state index contributed by atoms with van der Waals surface area (Å²) in [7, 11) is 0. The van der Waals surface area contributed by atoms with Gasteiger partial charge in [0.25, 0.3) is 0 Å². The lowest BCUT2D eigenvalue weighted by Crippen LogP contribution is -2.04. The van der Waals surface area contributed by atoms with E-state index in [1.165, 1.54) is 0 Å². The van der Waals surface area contributed by atoms with Gasteiger partial charge in [-0.1, -0.05) is 29.3 Å². The highest BCUT2D eigenvalue weighted by molar-refractivity contribution is 6.35. The number of benzene rings is 1. The maximum Gasteiger partial charge on any atom is 0.0948 e. The SMILES string of the molecule is OCc1cncn1CCc1ccc(Cl)cc1Cl. The van der Waals surface area contributed by atoms with Crippen LogP contribution in [-0.2, 0) is 19.6 Å². The van der Waals surface area contributed by atoms with Crippen molar-refractivity contribution < 1.29 is 5.11 Å². The molecule has 0 fully saturated rings. The highest BCUT2D eigenvalue weighted by Crippen LogP contribution is 2.21. The first kappa shape index (κ1) is 12.4. The van der Waals surface area contributed by atoms with Gasteiger partial charge in [-0.3, -0.25) is 0 Å². The highest BCUT2D eigenvalue weighted by atomic mass is 35.5. The molecule has 0 unspecified atom stereocenters. The standard InChI is InChI=1S/C12H12Cl2N2O/c13-10-2-1-9(12(14)5-10)3-4-16-8-15-6-11(16)7-17/h1-2,5-6,8,17H,3-4,7H2. The lowest BCUT2D eigenvalue weighted by atomic mass is 10.1. The van der Waals surface area contributed by atoms with Crippen molar-refractivity contribution in [3.63, 3.8) is 0 Å². The minimum absolute atomic E-state index is 0.00561. The summed E-state index contributed by atoms with van der Waals surface area (Å²) >= 11 is 11.9. The quantitative estimate of drug-likeness (QED) is 0.928. The van der Waals surface area contributed by atoms with Crippen LogP contribution in [0.5, 0.6) is 0 Å². The Kier molecular flexibility index (Phi) is 4.05. The molecule has 2 rings (SSSR count). The summed E-state index contributed by atoms with van der Waals surface area (Å²) < 4.78 is 1.91. The number of hydrogen-bond donors (Lipinski definition) is 1. The van der Waals surface area contributed by atoms with Crippen LogP contribution in [-0.4, -0.2) is 14.7 Å². The van der Waals surface area contributed by atoms with E-state index < -0.39 is 0 Å². The zero-order valence-electron chi connectivity index (χ0n) is 9.11. The summed E-state index contributed by atoms with van der Waals surface area (Å²) in [5.41, 5.74) is 1.84. The lowest BCUT2D eigenvalue weighted by Gasteiger charge is -2.08. The molecule has 0 atom stereocenters. The third-order valence-electron chi connectivity index (χ3n) is 2.60. The molecule has 0 bridgehead atoms. The molecule has 17 heavy (non-hydrogen) atoms. The Morgan fingerprint density at radius 3 is 2.82 bits per heavy atom. The van der Waals surface area contributed by atoms with E-state index in [0.29, 0.717) is 10.0 Å². The van der Waals surface area contributed by atoms with Crippen LogP contribution < -0.4 is 0 Å². The maximum atomic E-state index is 9.09. The van der Waals surface area contributed by atoms with Crippen LogP contribution in [0, 0.1) is 0 Å². The second-order valence-corrected chi connectivity index (χ2v) is 4.57. The summed E-state index contributed by atoms with van der Waals surface area (Å²) in [5, 5.41) is 10.4. The molecule has 0 amide bonds. The van der Waals surface area contributed by atoms with Crippen molar-refractivity contribution in [2.24, 2.45) is 0 Å². The minimum atomic E-state index is -0.00561. The van der Waals surface area contributed by atoms with Crippen LogP contribution in [0.4, 0.5) is 0 Å². The van der Waals surface area contributed by atoms with Gasteiger partial charge in [0.2, 0.25) is 0 Å². The summed E-state index contributed by atoms with van der Waals surface area (Å²) in [6.07, 6.45) is 4.14. The van der Waals surface area contributed by atoms with Crippen molar-refractivity contribution in [3.05, 3.63) is 52.0 Å². The third-order valence-corrected chi connectivity index (χ3v) is 3.18. The summed E-state index contributed by atoms with van der Waals surface area (Å²) in [5.74, 6) is 0. The molecule has 0 radical (unpaired) electrons. The smallest absolute Gasteiger partial charge is 0.0948 e. The second-order valence-electron chi connectivity index (χ2n) is 3.72. The molecule has 1 aromatic carbocycles. The average Bonchev–Trinajstić information content (AvgIpc) is 2.75. The number of imidazole rings is 1. The van der Waals surface area contributed by atoms with Crippen molar-refractivity contribution in [2.45, 2.75) is 19.6 Å². The molecule has 0 aliphatic heterocycles. The number of rotatable bonds is 4. The van der Waals surface area contributed by atoms with Gasteiger partial charge in [-0.15, -0.1) is 0 Å². The minimum Gasteiger partial charge on any atom is -0.390 e. The van der Waals surface area contributed by atoms with Crippen LogP contribution in [0.3, 0.4) is 0 Å². The molecular formula is C12H12Cl2N2O. The zero-order chi connectivity index (χ0) is 12.3. The molecular weight excluding hydrogens is 259 g/mol. The monoisotopic (exact) mass is 270 g/mol. The Hall–Kier alpha value is -1.03. The van der Waals surface area contributed by atoms with Gasteiger partial charge >= 0.3 is 0 Å². The summed E-state index contributed by atoms with van der Waals surface area (Å²) in [6.45, 7) is 0.728. The number of nitrogens with zero attached hydrogens (tertiary/aromatic N) is 2.